The third-order valence-corrected chi connectivity index (χ3v) is 7.66. The molecule has 2 aliphatic heterocycles. The molecule has 2 fully saturated rings. The van der Waals surface area contributed by atoms with E-state index in [-0.39, 0.29) is 19.8 Å². The summed E-state index contributed by atoms with van der Waals surface area (Å²) < 4.78 is 23.0. The fraction of sp³-hybridized carbons (Fsp3) is 0.556. The summed E-state index contributed by atoms with van der Waals surface area (Å²) in [6.07, 6.45) is -8.11. The van der Waals surface area contributed by atoms with Crippen molar-refractivity contribution in [2.45, 2.75) is 80.5 Å². The summed E-state index contributed by atoms with van der Waals surface area (Å²) in [6, 6.07) is 13.1. The molecule has 10 atom stereocenters. The Hall–Kier alpha value is -2.36. The lowest BCUT2D eigenvalue weighted by molar-refractivity contribution is -0.291. The molecule has 0 amide bonds. The Morgan fingerprint density at radius 2 is 1.51 bits per heavy atom. The molecule has 2 aromatic rings. The molecule has 214 valence electrons. The normalized spacial score (nSPS) is 36.3. The first-order chi connectivity index (χ1) is 18.7. The molecule has 0 unspecified atom stereocenters. The fourth-order valence-electron chi connectivity index (χ4n) is 5.43. The van der Waals surface area contributed by atoms with Crippen LogP contribution in [0.4, 0.5) is 0 Å². The lowest BCUT2D eigenvalue weighted by Crippen LogP contribution is -2.67. The maximum Gasteiger partial charge on any atom is 0.231 e. The van der Waals surface area contributed by atoms with Crippen molar-refractivity contribution in [3.05, 3.63) is 59.7 Å². The second-order valence-electron chi connectivity index (χ2n) is 10.6. The number of nitrogens with zero attached hydrogens (tertiary/aromatic N) is 1. The Labute approximate surface area is 226 Å². The summed E-state index contributed by atoms with van der Waals surface area (Å²) >= 11 is 0. The molecule has 1 aliphatic carbocycles. The van der Waals surface area contributed by atoms with Crippen LogP contribution in [0.25, 0.3) is 0 Å². The van der Waals surface area contributed by atoms with E-state index in [0.29, 0.717) is 24.6 Å². The Kier molecular flexibility index (Phi) is 8.69. The van der Waals surface area contributed by atoms with Crippen molar-refractivity contribution in [3.8, 4) is 11.5 Å². The highest BCUT2D eigenvalue weighted by Gasteiger charge is 2.48. The van der Waals surface area contributed by atoms with Gasteiger partial charge in [-0.15, -0.1) is 0 Å². The average molecular weight is 547 g/mol. The standard InChI is InChI=1S/C27H38N4O8/c28-16-9-17(29)26(25(35)22(16)32)39-27-21(30)24(34)23(33)20(38-27)12-31(10-14-4-2-1-3-5-14)11-15-6-7-18-19(8-15)37-13-36-18/h1-8,16-17,20-27,32-35H,9-13,28-30H2/t16-,17+,20-,21-,22+,23-,24-,25-,26-,27-/m1/s1. The van der Waals surface area contributed by atoms with Crippen molar-refractivity contribution >= 4 is 0 Å². The highest BCUT2D eigenvalue weighted by atomic mass is 16.7. The van der Waals surface area contributed by atoms with E-state index < -0.39 is 61.0 Å². The number of hydrogen-bond acceptors (Lipinski definition) is 12. The van der Waals surface area contributed by atoms with Gasteiger partial charge in [-0.1, -0.05) is 36.4 Å². The van der Waals surface area contributed by atoms with E-state index >= 15 is 0 Å². The maximum absolute atomic E-state index is 10.9. The molecule has 1 saturated carbocycles. The van der Waals surface area contributed by atoms with Crippen molar-refractivity contribution in [3.63, 3.8) is 0 Å². The number of nitrogens with two attached hydrogens (primary N) is 3. The van der Waals surface area contributed by atoms with Gasteiger partial charge in [-0.3, -0.25) is 4.90 Å². The van der Waals surface area contributed by atoms with Crippen LogP contribution >= 0.6 is 0 Å². The fourth-order valence-corrected chi connectivity index (χ4v) is 5.43. The Bertz CT molecular complexity index is 1100. The summed E-state index contributed by atoms with van der Waals surface area (Å²) in [5, 5.41) is 42.5. The molecule has 0 aromatic heterocycles. The lowest BCUT2D eigenvalue weighted by Gasteiger charge is -2.46. The van der Waals surface area contributed by atoms with Gasteiger partial charge >= 0.3 is 0 Å². The van der Waals surface area contributed by atoms with Crippen LogP contribution in [0.3, 0.4) is 0 Å². The Morgan fingerprint density at radius 1 is 0.795 bits per heavy atom. The van der Waals surface area contributed by atoms with Gasteiger partial charge in [-0.05, 0) is 29.7 Å². The Morgan fingerprint density at radius 3 is 2.28 bits per heavy atom. The zero-order chi connectivity index (χ0) is 27.7. The first-order valence-electron chi connectivity index (χ1n) is 13.2. The van der Waals surface area contributed by atoms with E-state index in [2.05, 4.69) is 4.90 Å². The Balaban J connectivity index is 1.33. The van der Waals surface area contributed by atoms with Crippen molar-refractivity contribution < 1.29 is 39.4 Å². The number of aliphatic hydroxyl groups is 4. The average Bonchev–Trinajstić information content (AvgIpc) is 3.39. The molecule has 39 heavy (non-hydrogen) atoms. The second-order valence-corrected chi connectivity index (χ2v) is 10.6. The van der Waals surface area contributed by atoms with E-state index in [1.807, 2.05) is 48.5 Å². The van der Waals surface area contributed by atoms with Crippen molar-refractivity contribution in [1.29, 1.82) is 0 Å². The van der Waals surface area contributed by atoms with Gasteiger partial charge in [-0.2, -0.15) is 0 Å². The molecule has 10 N–H and O–H groups in total. The molecule has 0 bridgehead atoms. The number of benzene rings is 2. The smallest absolute Gasteiger partial charge is 0.231 e. The summed E-state index contributed by atoms with van der Waals surface area (Å²) in [7, 11) is 0. The van der Waals surface area contributed by atoms with Gasteiger partial charge < -0.3 is 56.6 Å². The highest BCUT2D eigenvalue weighted by Crippen LogP contribution is 2.33. The van der Waals surface area contributed by atoms with Crippen LogP contribution in [0, 0.1) is 0 Å². The molecular formula is C27H38N4O8. The number of aliphatic hydroxyl groups excluding tert-OH is 4. The van der Waals surface area contributed by atoms with E-state index in [1.165, 1.54) is 0 Å². The third-order valence-electron chi connectivity index (χ3n) is 7.66. The summed E-state index contributed by atoms with van der Waals surface area (Å²) in [4.78, 5) is 2.07. The first kappa shape index (κ1) is 28.2. The zero-order valence-corrected chi connectivity index (χ0v) is 21.5. The molecule has 12 nitrogen and oxygen atoms in total. The van der Waals surface area contributed by atoms with Crippen LogP contribution in [0.15, 0.2) is 48.5 Å². The third kappa shape index (κ3) is 6.20. The largest absolute Gasteiger partial charge is 0.454 e. The van der Waals surface area contributed by atoms with E-state index in [0.717, 1.165) is 11.1 Å². The summed E-state index contributed by atoms with van der Waals surface area (Å²) in [5.74, 6) is 1.35. The molecule has 1 saturated heterocycles. The molecule has 5 rings (SSSR count). The van der Waals surface area contributed by atoms with Gasteiger partial charge in [0.25, 0.3) is 0 Å². The van der Waals surface area contributed by atoms with Crippen LogP contribution in [-0.2, 0) is 22.6 Å². The lowest BCUT2D eigenvalue weighted by atomic mass is 9.84. The molecule has 0 radical (unpaired) electrons. The SMILES string of the molecule is N[C@H]1[C@@H](O[C@H]2[C@H](O)[C@@H](O)[C@H](N)C[C@@H]2N)O[C@H](CN(Cc2ccccc2)Cc2ccc3c(c2)OCO3)[C@@H](O)[C@@H]1O. The molecule has 3 aliphatic rings. The number of ether oxygens (including phenoxy) is 4. The number of hydrogen-bond donors (Lipinski definition) is 7. The predicted octanol–water partition coefficient (Wildman–Crippen LogP) is -1.64. The summed E-state index contributed by atoms with van der Waals surface area (Å²) in [5.41, 5.74) is 20.2. The quantitative estimate of drug-likeness (QED) is 0.199. The van der Waals surface area contributed by atoms with Crippen LogP contribution in [0.5, 0.6) is 11.5 Å². The molecule has 2 heterocycles. The monoisotopic (exact) mass is 546 g/mol. The van der Waals surface area contributed by atoms with Gasteiger partial charge in [0, 0.05) is 31.7 Å². The molecule has 12 heteroatoms. The summed E-state index contributed by atoms with van der Waals surface area (Å²) in [6.45, 7) is 1.42. The van der Waals surface area contributed by atoms with Gasteiger partial charge in [0.1, 0.15) is 30.5 Å². The molecule has 0 spiro atoms. The van der Waals surface area contributed by atoms with Crippen molar-refractivity contribution in [1.82, 2.24) is 4.90 Å². The van der Waals surface area contributed by atoms with Gasteiger partial charge in [-0.25, -0.2) is 0 Å². The first-order valence-corrected chi connectivity index (χ1v) is 13.2. The maximum atomic E-state index is 10.9. The molecular weight excluding hydrogens is 508 g/mol. The second kappa shape index (κ2) is 12.0. The minimum atomic E-state index is -1.36. The minimum Gasteiger partial charge on any atom is -0.454 e. The predicted molar refractivity (Wildman–Crippen MR) is 139 cm³/mol. The number of rotatable bonds is 8. The van der Waals surface area contributed by atoms with Crippen molar-refractivity contribution in [2.75, 3.05) is 13.3 Å². The van der Waals surface area contributed by atoms with E-state index in [1.54, 1.807) is 0 Å². The van der Waals surface area contributed by atoms with Gasteiger partial charge in [0.2, 0.25) is 6.79 Å². The van der Waals surface area contributed by atoms with Crippen LogP contribution in [-0.4, -0.2) is 99.7 Å². The van der Waals surface area contributed by atoms with E-state index in [4.69, 9.17) is 36.1 Å². The van der Waals surface area contributed by atoms with Crippen molar-refractivity contribution in [2.24, 2.45) is 17.2 Å². The van der Waals surface area contributed by atoms with Crippen LogP contribution < -0.4 is 26.7 Å². The highest BCUT2D eigenvalue weighted by molar-refractivity contribution is 5.44. The van der Waals surface area contributed by atoms with Crippen LogP contribution in [0.1, 0.15) is 17.5 Å². The van der Waals surface area contributed by atoms with E-state index in [9.17, 15) is 20.4 Å². The zero-order valence-electron chi connectivity index (χ0n) is 21.5. The molecule has 2 aromatic carbocycles. The number of fused-ring (bicyclic) bond motifs is 1. The minimum absolute atomic E-state index is 0.177. The van der Waals surface area contributed by atoms with Gasteiger partial charge in [0.05, 0.1) is 12.1 Å². The van der Waals surface area contributed by atoms with Gasteiger partial charge in [0.15, 0.2) is 17.8 Å². The van der Waals surface area contributed by atoms with Crippen LogP contribution in [0.2, 0.25) is 0 Å². The topological polar surface area (TPSA) is 199 Å².